The molecular formula is C31H37ClN2O4. The normalized spacial score (nSPS) is 11.5. The minimum Gasteiger partial charge on any atom is -0.497 e. The Bertz CT molecular complexity index is 1190. The molecule has 0 aliphatic rings. The van der Waals surface area contributed by atoms with Crippen molar-refractivity contribution in [2.75, 3.05) is 20.3 Å². The van der Waals surface area contributed by atoms with Gasteiger partial charge in [-0.05, 0) is 66.8 Å². The molecule has 3 aromatic rings. The van der Waals surface area contributed by atoms with Crippen LogP contribution >= 0.6 is 11.6 Å². The molecule has 6 nitrogen and oxygen atoms in total. The number of benzene rings is 3. The smallest absolute Gasteiger partial charge is 0.261 e. The third-order valence-electron chi connectivity index (χ3n) is 6.36. The number of rotatable bonds is 13. The quantitative estimate of drug-likeness (QED) is 0.276. The molecule has 3 aromatic carbocycles. The number of methoxy groups -OCH3 is 1. The van der Waals surface area contributed by atoms with Crippen LogP contribution in [0.4, 0.5) is 0 Å². The van der Waals surface area contributed by atoms with Crippen molar-refractivity contribution in [1.82, 2.24) is 10.2 Å². The van der Waals surface area contributed by atoms with Gasteiger partial charge in [0.05, 0.1) is 7.11 Å². The number of unbranched alkanes of at least 4 members (excludes halogenated alkanes) is 1. The summed E-state index contributed by atoms with van der Waals surface area (Å²) in [6, 6.07) is 20.2. The first-order valence-corrected chi connectivity index (χ1v) is 13.3. The first kappa shape index (κ1) is 29.1. The van der Waals surface area contributed by atoms with Gasteiger partial charge in [0, 0.05) is 24.5 Å². The molecule has 0 unspecified atom stereocenters. The molecule has 0 radical (unpaired) electrons. The van der Waals surface area contributed by atoms with E-state index in [0.29, 0.717) is 29.5 Å². The first-order valence-electron chi connectivity index (χ1n) is 13.0. The molecule has 0 saturated heterocycles. The van der Waals surface area contributed by atoms with E-state index in [2.05, 4.69) is 12.2 Å². The third-order valence-corrected chi connectivity index (χ3v) is 6.96. The monoisotopic (exact) mass is 536 g/mol. The van der Waals surface area contributed by atoms with E-state index in [1.807, 2.05) is 80.6 Å². The Hall–Kier alpha value is -3.51. The van der Waals surface area contributed by atoms with Gasteiger partial charge in [0.1, 0.15) is 17.5 Å². The minimum absolute atomic E-state index is 0.184. The van der Waals surface area contributed by atoms with E-state index >= 15 is 0 Å². The zero-order chi connectivity index (χ0) is 27.5. The number of carbonyl (C=O) groups excluding carboxylic acids is 2. The fraction of sp³-hybridized carbons (Fsp3) is 0.355. The summed E-state index contributed by atoms with van der Waals surface area (Å²) in [7, 11) is 1.60. The molecule has 1 N–H and O–H groups in total. The number of hydrogen-bond acceptors (Lipinski definition) is 4. The highest BCUT2D eigenvalue weighted by molar-refractivity contribution is 6.32. The fourth-order valence-electron chi connectivity index (χ4n) is 4.25. The van der Waals surface area contributed by atoms with Crippen LogP contribution in [0.5, 0.6) is 11.5 Å². The predicted octanol–water partition coefficient (Wildman–Crippen LogP) is 5.90. The van der Waals surface area contributed by atoms with Crippen molar-refractivity contribution in [3.8, 4) is 11.5 Å². The predicted molar refractivity (Wildman–Crippen MR) is 152 cm³/mol. The number of halogens is 1. The fourth-order valence-corrected chi connectivity index (χ4v) is 4.35. The molecule has 38 heavy (non-hydrogen) atoms. The van der Waals surface area contributed by atoms with Crippen molar-refractivity contribution in [3.63, 3.8) is 0 Å². The van der Waals surface area contributed by atoms with Crippen LogP contribution in [-0.2, 0) is 22.6 Å². The van der Waals surface area contributed by atoms with Gasteiger partial charge in [-0.3, -0.25) is 9.59 Å². The van der Waals surface area contributed by atoms with Crippen molar-refractivity contribution >= 4 is 23.4 Å². The summed E-state index contributed by atoms with van der Waals surface area (Å²) < 4.78 is 11.3. The van der Waals surface area contributed by atoms with Crippen LogP contribution in [0.3, 0.4) is 0 Å². The Morgan fingerprint density at radius 2 is 1.63 bits per heavy atom. The van der Waals surface area contributed by atoms with Gasteiger partial charge < -0.3 is 19.7 Å². The number of amides is 2. The van der Waals surface area contributed by atoms with Crippen LogP contribution in [0.15, 0.2) is 66.7 Å². The second kappa shape index (κ2) is 14.4. The average molecular weight is 537 g/mol. The Kier molecular flexibility index (Phi) is 11.0. The molecule has 2 amide bonds. The van der Waals surface area contributed by atoms with E-state index in [0.717, 1.165) is 35.1 Å². The van der Waals surface area contributed by atoms with Crippen LogP contribution in [0.2, 0.25) is 5.02 Å². The standard InChI is InChI=1S/C31H37ClN2O4/c1-5-6-15-33-31(36)28(19-24-11-8-7-9-12-24)34(20-25-13-10-14-26(18-25)37-4)29(35)21-38-27-16-22(2)30(32)23(3)17-27/h7-14,16-18,28H,5-6,15,19-21H2,1-4H3,(H,33,36)/t28-/m1/s1. The van der Waals surface area contributed by atoms with Crippen LogP contribution in [-0.4, -0.2) is 43.0 Å². The minimum atomic E-state index is -0.717. The van der Waals surface area contributed by atoms with Crippen molar-refractivity contribution in [1.29, 1.82) is 0 Å². The summed E-state index contributed by atoms with van der Waals surface area (Å²) in [5.74, 6) is 0.776. The number of hydrogen-bond donors (Lipinski definition) is 1. The molecule has 0 heterocycles. The van der Waals surface area contributed by atoms with Gasteiger partial charge in [-0.1, -0.05) is 67.4 Å². The van der Waals surface area contributed by atoms with E-state index in [9.17, 15) is 9.59 Å². The molecule has 3 rings (SSSR count). The number of ether oxygens (including phenoxy) is 2. The maximum Gasteiger partial charge on any atom is 0.261 e. The van der Waals surface area contributed by atoms with E-state index in [1.165, 1.54) is 0 Å². The Balaban J connectivity index is 1.92. The number of nitrogens with one attached hydrogen (secondary N) is 1. The van der Waals surface area contributed by atoms with Gasteiger partial charge in [0.15, 0.2) is 6.61 Å². The molecule has 1 atom stereocenters. The Morgan fingerprint density at radius 1 is 0.947 bits per heavy atom. The molecular weight excluding hydrogens is 500 g/mol. The van der Waals surface area contributed by atoms with Crippen LogP contribution in [0.1, 0.15) is 42.0 Å². The second-order valence-electron chi connectivity index (χ2n) is 9.38. The molecule has 0 aliphatic carbocycles. The zero-order valence-electron chi connectivity index (χ0n) is 22.6. The van der Waals surface area contributed by atoms with E-state index in [4.69, 9.17) is 21.1 Å². The van der Waals surface area contributed by atoms with Crippen molar-refractivity contribution in [3.05, 3.63) is 94.0 Å². The van der Waals surface area contributed by atoms with Gasteiger partial charge in [0.2, 0.25) is 5.91 Å². The molecule has 0 fully saturated rings. The summed E-state index contributed by atoms with van der Waals surface area (Å²) in [6.07, 6.45) is 2.21. The molecule has 202 valence electrons. The third kappa shape index (κ3) is 8.25. The Labute approximate surface area is 230 Å². The molecule has 0 bridgehead atoms. The first-order chi connectivity index (χ1) is 18.3. The van der Waals surface area contributed by atoms with E-state index in [-0.39, 0.29) is 25.0 Å². The number of nitrogens with zero attached hydrogens (tertiary/aromatic N) is 1. The van der Waals surface area contributed by atoms with E-state index in [1.54, 1.807) is 12.0 Å². The van der Waals surface area contributed by atoms with Gasteiger partial charge in [0.25, 0.3) is 5.91 Å². The van der Waals surface area contributed by atoms with Crippen LogP contribution in [0, 0.1) is 13.8 Å². The highest BCUT2D eigenvalue weighted by atomic mass is 35.5. The average Bonchev–Trinajstić information content (AvgIpc) is 2.92. The van der Waals surface area contributed by atoms with Crippen molar-refractivity contribution in [2.24, 2.45) is 0 Å². The van der Waals surface area contributed by atoms with Gasteiger partial charge in [-0.2, -0.15) is 0 Å². The highest BCUT2D eigenvalue weighted by Gasteiger charge is 2.30. The number of carbonyl (C=O) groups is 2. The van der Waals surface area contributed by atoms with Gasteiger partial charge in [-0.15, -0.1) is 0 Å². The Morgan fingerprint density at radius 3 is 2.29 bits per heavy atom. The summed E-state index contributed by atoms with van der Waals surface area (Å²) in [5, 5.41) is 3.71. The van der Waals surface area contributed by atoms with E-state index < -0.39 is 6.04 Å². The molecule has 0 aromatic heterocycles. The van der Waals surface area contributed by atoms with Crippen LogP contribution in [0.25, 0.3) is 0 Å². The van der Waals surface area contributed by atoms with Crippen LogP contribution < -0.4 is 14.8 Å². The lowest BCUT2D eigenvalue weighted by Crippen LogP contribution is -2.51. The molecule has 0 aliphatic heterocycles. The topological polar surface area (TPSA) is 67.9 Å². The second-order valence-corrected chi connectivity index (χ2v) is 9.76. The van der Waals surface area contributed by atoms with Crippen molar-refractivity contribution < 1.29 is 19.1 Å². The summed E-state index contributed by atoms with van der Waals surface area (Å²) in [5.41, 5.74) is 3.57. The maximum atomic E-state index is 13.7. The lowest BCUT2D eigenvalue weighted by molar-refractivity contribution is -0.142. The summed E-state index contributed by atoms with van der Waals surface area (Å²) in [4.78, 5) is 28.8. The summed E-state index contributed by atoms with van der Waals surface area (Å²) >= 11 is 6.30. The molecule has 0 saturated carbocycles. The van der Waals surface area contributed by atoms with Crippen molar-refractivity contribution in [2.45, 2.75) is 52.6 Å². The summed E-state index contributed by atoms with van der Waals surface area (Å²) in [6.45, 7) is 6.45. The molecule has 7 heteroatoms. The van der Waals surface area contributed by atoms with Gasteiger partial charge in [-0.25, -0.2) is 0 Å². The lowest BCUT2D eigenvalue weighted by Gasteiger charge is -2.31. The zero-order valence-corrected chi connectivity index (χ0v) is 23.4. The van der Waals surface area contributed by atoms with Gasteiger partial charge >= 0.3 is 0 Å². The largest absolute Gasteiger partial charge is 0.497 e. The molecule has 0 spiro atoms. The number of aryl methyl sites for hydroxylation is 2. The highest BCUT2D eigenvalue weighted by Crippen LogP contribution is 2.26. The maximum absolute atomic E-state index is 13.7. The lowest BCUT2D eigenvalue weighted by atomic mass is 10.0. The SMILES string of the molecule is CCCCNC(=O)[C@@H](Cc1ccccc1)N(Cc1cccc(OC)c1)C(=O)COc1cc(C)c(Cl)c(C)c1.